The van der Waals surface area contributed by atoms with Crippen molar-refractivity contribution < 1.29 is 14.3 Å². The fourth-order valence-corrected chi connectivity index (χ4v) is 2.82. The number of hydrogen-bond acceptors (Lipinski definition) is 4. The van der Waals surface area contributed by atoms with Crippen LogP contribution >= 0.6 is 11.3 Å². The minimum Gasteiger partial charge on any atom is -0.447 e. The summed E-state index contributed by atoms with van der Waals surface area (Å²) in [4.78, 5) is 25.4. The number of nitrogens with one attached hydrogen (secondary N) is 1. The van der Waals surface area contributed by atoms with Gasteiger partial charge in [0.1, 0.15) is 0 Å². The molecule has 2 aromatic rings. The van der Waals surface area contributed by atoms with Crippen molar-refractivity contribution in [1.82, 2.24) is 5.32 Å². The molecule has 1 aromatic carbocycles. The van der Waals surface area contributed by atoms with Crippen LogP contribution in [0, 0.1) is 0 Å². The van der Waals surface area contributed by atoms with E-state index in [1.54, 1.807) is 12.1 Å². The van der Waals surface area contributed by atoms with Gasteiger partial charge in [0, 0.05) is 16.5 Å². The molecule has 3 rings (SSSR count). The molecule has 0 spiro atoms. The van der Waals surface area contributed by atoms with Gasteiger partial charge in [-0.1, -0.05) is 36.4 Å². The number of esters is 1. The van der Waals surface area contributed by atoms with E-state index in [0.29, 0.717) is 5.56 Å². The van der Waals surface area contributed by atoms with Crippen LogP contribution in [0.1, 0.15) is 29.4 Å². The van der Waals surface area contributed by atoms with Crippen molar-refractivity contribution >= 4 is 23.2 Å². The van der Waals surface area contributed by atoms with Gasteiger partial charge in [0.25, 0.3) is 5.91 Å². The summed E-state index contributed by atoms with van der Waals surface area (Å²) in [5.74, 6) is -0.629. The first-order valence-corrected chi connectivity index (χ1v) is 8.17. The topological polar surface area (TPSA) is 55.4 Å². The first kappa shape index (κ1) is 14.8. The molecule has 0 aliphatic heterocycles. The lowest BCUT2D eigenvalue weighted by atomic mass is 10.1. The van der Waals surface area contributed by atoms with Gasteiger partial charge in [-0.05, 0) is 24.3 Å². The molecule has 1 saturated carbocycles. The third-order valence-electron chi connectivity index (χ3n) is 3.41. The average Bonchev–Trinajstić information content (AvgIpc) is 3.19. The Hall–Kier alpha value is -2.14. The maximum atomic E-state index is 12.3. The third-order valence-corrected chi connectivity index (χ3v) is 4.29. The summed E-state index contributed by atoms with van der Waals surface area (Å²) in [7, 11) is 0. The summed E-state index contributed by atoms with van der Waals surface area (Å²) < 4.78 is 5.46. The predicted octanol–water partition coefficient (Wildman–Crippen LogP) is 2.85. The van der Waals surface area contributed by atoms with Crippen molar-refractivity contribution in [3.8, 4) is 0 Å². The Morgan fingerprint density at radius 3 is 2.59 bits per heavy atom. The molecule has 1 amide bonds. The lowest BCUT2D eigenvalue weighted by molar-refractivity contribution is -0.155. The third kappa shape index (κ3) is 3.95. The first-order valence-electron chi connectivity index (χ1n) is 7.29. The first-order chi connectivity index (χ1) is 10.7. The van der Waals surface area contributed by atoms with Crippen LogP contribution in [0.2, 0.25) is 0 Å². The van der Waals surface area contributed by atoms with E-state index in [2.05, 4.69) is 5.32 Å². The maximum absolute atomic E-state index is 12.3. The van der Waals surface area contributed by atoms with E-state index in [-0.39, 0.29) is 24.3 Å². The number of carbonyl (C=O) groups is 2. The Bertz CT molecular complexity index is 635. The molecule has 114 valence electrons. The normalized spacial score (nSPS) is 15.1. The molecule has 1 aliphatic rings. The summed E-state index contributed by atoms with van der Waals surface area (Å²) in [5, 5.41) is 4.82. The smallest absolute Gasteiger partial charge is 0.312 e. The Labute approximate surface area is 133 Å². The zero-order valence-electron chi connectivity index (χ0n) is 12.0. The van der Waals surface area contributed by atoms with Crippen molar-refractivity contribution in [1.29, 1.82) is 0 Å². The number of ether oxygens (including phenoxy) is 1. The Morgan fingerprint density at radius 1 is 1.18 bits per heavy atom. The van der Waals surface area contributed by atoms with Gasteiger partial charge in [-0.15, -0.1) is 11.3 Å². The monoisotopic (exact) mass is 315 g/mol. The second-order valence-corrected chi connectivity index (χ2v) is 6.35. The summed E-state index contributed by atoms with van der Waals surface area (Å²) in [5.41, 5.74) is 0.695. The summed E-state index contributed by atoms with van der Waals surface area (Å²) in [6, 6.07) is 13.1. The fraction of sp³-hybridized carbons (Fsp3) is 0.294. The minimum absolute atomic E-state index is 0.192. The number of rotatable bonds is 6. The van der Waals surface area contributed by atoms with Gasteiger partial charge in [0.05, 0.1) is 6.42 Å². The van der Waals surface area contributed by atoms with Crippen LogP contribution in [-0.4, -0.2) is 17.9 Å². The van der Waals surface area contributed by atoms with Gasteiger partial charge in [-0.25, -0.2) is 0 Å². The molecule has 22 heavy (non-hydrogen) atoms. The molecule has 1 fully saturated rings. The minimum atomic E-state index is -0.880. The lowest BCUT2D eigenvalue weighted by Crippen LogP contribution is -2.33. The van der Waals surface area contributed by atoms with Crippen LogP contribution in [-0.2, 0) is 20.7 Å². The van der Waals surface area contributed by atoms with E-state index in [1.165, 1.54) is 11.3 Å². The molecule has 1 heterocycles. The molecule has 1 atom stereocenters. The Morgan fingerprint density at radius 2 is 1.95 bits per heavy atom. The van der Waals surface area contributed by atoms with Crippen molar-refractivity contribution in [2.75, 3.05) is 0 Å². The van der Waals surface area contributed by atoms with Crippen molar-refractivity contribution in [2.24, 2.45) is 0 Å². The number of amides is 1. The number of thiophene rings is 1. The van der Waals surface area contributed by atoms with Crippen LogP contribution in [0.4, 0.5) is 0 Å². The molecule has 1 N–H and O–H groups in total. The molecule has 5 heteroatoms. The van der Waals surface area contributed by atoms with E-state index >= 15 is 0 Å². The molecule has 0 unspecified atom stereocenters. The highest BCUT2D eigenvalue weighted by atomic mass is 32.1. The molecule has 1 aromatic heterocycles. The number of carbonyl (C=O) groups excluding carboxylic acids is 2. The zero-order valence-corrected chi connectivity index (χ0v) is 12.8. The fourth-order valence-electron chi connectivity index (χ4n) is 2.13. The van der Waals surface area contributed by atoms with Crippen molar-refractivity contribution in [3.63, 3.8) is 0 Å². The van der Waals surface area contributed by atoms with Gasteiger partial charge in [-0.2, -0.15) is 0 Å². The van der Waals surface area contributed by atoms with Crippen molar-refractivity contribution in [2.45, 2.75) is 31.4 Å². The van der Waals surface area contributed by atoms with Crippen LogP contribution in [0.25, 0.3) is 0 Å². The molecular formula is C17H17NO3S. The highest BCUT2D eigenvalue weighted by molar-refractivity contribution is 7.10. The van der Waals surface area contributed by atoms with Gasteiger partial charge >= 0.3 is 5.97 Å². The second-order valence-electron chi connectivity index (χ2n) is 5.32. The predicted molar refractivity (Wildman–Crippen MR) is 84.5 cm³/mol. The van der Waals surface area contributed by atoms with E-state index < -0.39 is 6.10 Å². The average molecular weight is 315 g/mol. The van der Waals surface area contributed by atoms with E-state index in [1.807, 2.05) is 35.7 Å². The molecular weight excluding hydrogens is 298 g/mol. The number of benzene rings is 1. The van der Waals surface area contributed by atoms with Crippen LogP contribution in [0.3, 0.4) is 0 Å². The van der Waals surface area contributed by atoms with Gasteiger partial charge in [0.15, 0.2) is 0 Å². The Kier molecular flexibility index (Phi) is 4.53. The van der Waals surface area contributed by atoms with Gasteiger partial charge in [0.2, 0.25) is 6.10 Å². The summed E-state index contributed by atoms with van der Waals surface area (Å²) in [6.07, 6.45) is 1.30. The Balaban J connectivity index is 1.70. The van der Waals surface area contributed by atoms with Crippen LogP contribution in [0.5, 0.6) is 0 Å². The van der Waals surface area contributed by atoms with E-state index in [4.69, 9.17) is 4.74 Å². The van der Waals surface area contributed by atoms with E-state index in [0.717, 1.165) is 17.7 Å². The molecule has 0 saturated heterocycles. The lowest BCUT2D eigenvalue weighted by Gasteiger charge is -2.17. The van der Waals surface area contributed by atoms with Crippen LogP contribution < -0.4 is 5.32 Å². The molecule has 1 aliphatic carbocycles. The molecule has 0 radical (unpaired) electrons. The largest absolute Gasteiger partial charge is 0.447 e. The number of hydrogen-bond donors (Lipinski definition) is 1. The SMILES string of the molecule is O=C(Cc1cccs1)O[C@H](C(=O)NC1CC1)c1ccccc1. The summed E-state index contributed by atoms with van der Waals surface area (Å²) >= 11 is 1.50. The molecule has 4 nitrogen and oxygen atoms in total. The summed E-state index contributed by atoms with van der Waals surface area (Å²) in [6.45, 7) is 0. The van der Waals surface area contributed by atoms with E-state index in [9.17, 15) is 9.59 Å². The second kappa shape index (κ2) is 6.75. The quantitative estimate of drug-likeness (QED) is 0.834. The highest BCUT2D eigenvalue weighted by Crippen LogP contribution is 2.23. The molecule has 0 bridgehead atoms. The highest BCUT2D eigenvalue weighted by Gasteiger charge is 2.30. The standard InChI is InChI=1S/C17H17NO3S/c19-15(11-14-7-4-10-22-14)21-16(12-5-2-1-3-6-12)17(20)18-13-8-9-13/h1-7,10,13,16H,8-9,11H2,(H,18,20)/t16-/m0/s1. The van der Waals surface area contributed by atoms with Gasteiger partial charge < -0.3 is 10.1 Å². The maximum Gasteiger partial charge on any atom is 0.312 e. The van der Waals surface area contributed by atoms with Crippen molar-refractivity contribution in [3.05, 3.63) is 58.3 Å². The van der Waals surface area contributed by atoms with Gasteiger partial charge in [-0.3, -0.25) is 9.59 Å². The van der Waals surface area contributed by atoms with Crippen LogP contribution in [0.15, 0.2) is 47.8 Å². The zero-order chi connectivity index (χ0) is 15.4.